The standard InChI is InChI=1S/C13H20N5O8P/c1-7(2)24-13(20)25-26-27(21,22)6-23-8(3)4-18-5-15-9-10(18)16-12(14)17-11(9)19/h5,7-8H,4,6H2,1-3H3,(H,21,22)(H3,14,16,17,19). The normalized spacial score (nSPS) is 14.9. The highest BCUT2D eigenvalue weighted by molar-refractivity contribution is 7.52. The van der Waals surface area contributed by atoms with Crippen molar-refractivity contribution in [2.45, 2.75) is 39.5 Å². The predicted molar refractivity (Wildman–Crippen MR) is 91.6 cm³/mol. The molecule has 0 aliphatic carbocycles. The summed E-state index contributed by atoms with van der Waals surface area (Å²) in [6.45, 7) is 4.90. The number of nitrogen functional groups attached to an aromatic ring is 1. The summed E-state index contributed by atoms with van der Waals surface area (Å²) in [5, 5.41) is 0. The van der Waals surface area contributed by atoms with E-state index in [1.807, 2.05) is 0 Å². The first-order valence-corrected chi connectivity index (χ1v) is 9.54. The van der Waals surface area contributed by atoms with Crippen molar-refractivity contribution in [3.63, 3.8) is 0 Å². The molecule has 4 N–H and O–H groups in total. The van der Waals surface area contributed by atoms with Gasteiger partial charge in [0.05, 0.1) is 25.1 Å². The molecule has 0 aliphatic rings. The minimum atomic E-state index is -4.36. The number of aromatic amines is 1. The van der Waals surface area contributed by atoms with E-state index in [1.54, 1.807) is 20.8 Å². The van der Waals surface area contributed by atoms with E-state index in [2.05, 4.69) is 29.3 Å². The number of nitrogens with zero attached hydrogens (tertiary/aromatic N) is 3. The van der Waals surface area contributed by atoms with Crippen LogP contribution < -0.4 is 11.3 Å². The van der Waals surface area contributed by atoms with Gasteiger partial charge in [-0.1, -0.05) is 4.67 Å². The third kappa shape index (κ3) is 6.03. The van der Waals surface area contributed by atoms with Crippen LogP contribution in [0.4, 0.5) is 10.7 Å². The van der Waals surface area contributed by atoms with Crippen LogP contribution in [0.15, 0.2) is 11.1 Å². The zero-order valence-electron chi connectivity index (χ0n) is 14.8. The number of H-pyrrole nitrogens is 1. The molecule has 0 saturated heterocycles. The van der Waals surface area contributed by atoms with E-state index in [0.29, 0.717) is 0 Å². The van der Waals surface area contributed by atoms with Gasteiger partial charge >= 0.3 is 13.8 Å². The highest BCUT2D eigenvalue weighted by Crippen LogP contribution is 2.42. The SMILES string of the molecule is CC(C)OC(=O)OOP(=O)(O)COC(C)Cn1cnc2c(=O)[nH]c(N)nc21. The number of imidazole rings is 1. The maximum Gasteiger partial charge on any atom is 0.541 e. The Hall–Kier alpha value is -2.47. The maximum absolute atomic E-state index is 11.8. The molecule has 0 saturated carbocycles. The molecule has 0 spiro atoms. The minimum Gasteiger partial charge on any atom is -0.430 e. The smallest absolute Gasteiger partial charge is 0.430 e. The summed E-state index contributed by atoms with van der Waals surface area (Å²) in [7, 11) is -4.36. The molecule has 2 rings (SSSR count). The van der Waals surface area contributed by atoms with Crippen molar-refractivity contribution >= 4 is 30.9 Å². The van der Waals surface area contributed by atoms with Gasteiger partial charge in [0.15, 0.2) is 17.5 Å². The largest absolute Gasteiger partial charge is 0.541 e. The summed E-state index contributed by atoms with van der Waals surface area (Å²) in [6.07, 6.45) is -1.70. The molecule has 2 aromatic heterocycles. The van der Waals surface area contributed by atoms with Gasteiger partial charge in [0, 0.05) is 0 Å². The highest BCUT2D eigenvalue weighted by Gasteiger charge is 2.26. The van der Waals surface area contributed by atoms with E-state index in [9.17, 15) is 19.0 Å². The number of aromatic nitrogens is 4. The van der Waals surface area contributed by atoms with Gasteiger partial charge in [0.2, 0.25) is 5.95 Å². The summed E-state index contributed by atoms with van der Waals surface area (Å²) in [4.78, 5) is 46.8. The Labute approximate surface area is 152 Å². The van der Waals surface area contributed by atoms with Crippen LogP contribution in [0.1, 0.15) is 20.8 Å². The molecule has 0 amide bonds. The zero-order chi connectivity index (χ0) is 20.2. The van der Waals surface area contributed by atoms with Crippen molar-refractivity contribution in [3.8, 4) is 0 Å². The Balaban J connectivity index is 1.90. The fourth-order valence-electron chi connectivity index (χ4n) is 1.98. The lowest BCUT2D eigenvalue weighted by atomic mass is 10.4. The van der Waals surface area contributed by atoms with E-state index in [0.717, 1.165) is 0 Å². The van der Waals surface area contributed by atoms with Crippen molar-refractivity contribution in [3.05, 3.63) is 16.7 Å². The lowest BCUT2D eigenvalue weighted by molar-refractivity contribution is -0.181. The first-order valence-electron chi connectivity index (χ1n) is 7.78. The molecule has 0 bridgehead atoms. The van der Waals surface area contributed by atoms with E-state index >= 15 is 0 Å². The summed E-state index contributed by atoms with van der Waals surface area (Å²) >= 11 is 0. The molecule has 2 heterocycles. The molecule has 27 heavy (non-hydrogen) atoms. The average molecular weight is 405 g/mol. The third-order valence-electron chi connectivity index (χ3n) is 3.02. The molecule has 2 aromatic rings. The minimum absolute atomic E-state index is 0.0680. The number of hydrogen-bond donors (Lipinski definition) is 3. The third-order valence-corrected chi connectivity index (χ3v) is 3.81. The van der Waals surface area contributed by atoms with Gasteiger partial charge in [-0.05, 0) is 20.8 Å². The molecular formula is C13H20N5O8P. The molecular weight excluding hydrogens is 385 g/mol. The first-order chi connectivity index (χ1) is 12.6. The summed E-state index contributed by atoms with van der Waals surface area (Å²) in [5.74, 6) is -0.0680. The van der Waals surface area contributed by atoms with Gasteiger partial charge in [0.1, 0.15) is 0 Å². The van der Waals surface area contributed by atoms with E-state index < -0.39 is 37.9 Å². The zero-order valence-corrected chi connectivity index (χ0v) is 15.7. The van der Waals surface area contributed by atoms with Crippen molar-refractivity contribution < 1.29 is 33.3 Å². The van der Waals surface area contributed by atoms with Crippen LogP contribution in [0, 0.1) is 0 Å². The van der Waals surface area contributed by atoms with E-state index in [4.69, 9.17) is 10.5 Å². The van der Waals surface area contributed by atoms with Crippen molar-refractivity contribution in [1.82, 2.24) is 19.5 Å². The Bertz CT molecular complexity index is 910. The molecule has 0 fully saturated rings. The number of anilines is 1. The Morgan fingerprint density at radius 2 is 2.15 bits per heavy atom. The number of rotatable bonds is 8. The topological polar surface area (TPSA) is 181 Å². The van der Waals surface area contributed by atoms with Crippen molar-refractivity contribution in [1.29, 1.82) is 0 Å². The Kier molecular flexibility index (Phi) is 6.54. The molecule has 150 valence electrons. The Morgan fingerprint density at radius 3 is 2.81 bits per heavy atom. The van der Waals surface area contributed by atoms with E-state index in [-0.39, 0.29) is 23.7 Å². The number of nitrogens with two attached hydrogens (primary N) is 1. The molecule has 0 aliphatic heterocycles. The number of carbonyl (C=O) groups is 1. The molecule has 2 unspecified atom stereocenters. The van der Waals surface area contributed by atoms with E-state index in [1.165, 1.54) is 10.9 Å². The first kappa shape index (κ1) is 20.8. The molecule has 2 atom stereocenters. The number of carbonyl (C=O) groups excluding carboxylic acids is 1. The van der Waals surface area contributed by atoms with Gasteiger partial charge in [-0.15, -0.1) is 0 Å². The number of hydrogen-bond acceptors (Lipinski definition) is 10. The average Bonchev–Trinajstić information content (AvgIpc) is 2.94. The van der Waals surface area contributed by atoms with Gasteiger partial charge in [-0.25, -0.2) is 9.78 Å². The monoisotopic (exact) mass is 405 g/mol. The second-order valence-corrected chi connectivity index (χ2v) is 7.52. The second-order valence-electron chi connectivity index (χ2n) is 5.84. The quantitative estimate of drug-likeness (QED) is 0.244. The summed E-state index contributed by atoms with van der Waals surface area (Å²) < 4.78 is 27.3. The molecule has 14 heteroatoms. The van der Waals surface area contributed by atoms with Gasteiger partial charge in [-0.3, -0.25) is 19.2 Å². The van der Waals surface area contributed by atoms with Crippen LogP contribution in [0.5, 0.6) is 0 Å². The molecule has 13 nitrogen and oxygen atoms in total. The summed E-state index contributed by atoms with van der Waals surface area (Å²) in [6, 6.07) is 0. The van der Waals surface area contributed by atoms with Crippen LogP contribution in [0.3, 0.4) is 0 Å². The fourth-order valence-corrected chi connectivity index (χ4v) is 2.64. The van der Waals surface area contributed by atoms with Gasteiger partial charge < -0.3 is 24.7 Å². The fraction of sp³-hybridized carbons (Fsp3) is 0.538. The lowest BCUT2D eigenvalue weighted by Gasteiger charge is -2.16. The number of ether oxygens (including phenoxy) is 2. The molecule has 0 radical (unpaired) electrons. The molecule has 0 aromatic carbocycles. The van der Waals surface area contributed by atoms with Crippen LogP contribution in [0.25, 0.3) is 11.2 Å². The second kappa shape index (κ2) is 8.48. The van der Waals surface area contributed by atoms with Crippen LogP contribution in [-0.4, -0.2) is 49.1 Å². The Morgan fingerprint density at radius 1 is 1.44 bits per heavy atom. The number of fused-ring (bicyclic) bond motifs is 1. The lowest BCUT2D eigenvalue weighted by Crippen LogP contribution is -2.19. The predicted octanol–water partition coefficient (Wildman–Crippen LogP) is 0.743. The van der Waals surface area contributed by atoms with Crippen molar-refractivity contribution in [2.24, 2.45) is 0 Å². The van der Waals surface area contributed by atoms with Gasteiger partial charge in [0.25, 0.3) is 5.56 Å². The summed E-state index contributed by atoms with van der Waals surface area (Å²) in [5.41, 5.74) is 5.37. The van der Waals surface area contributed by atoms with Crippen LogP contribution >= 0.6 is 7.60 Å². The van der Waals surface area contributed by atoms with Gasteiger partial charge in [-0.2, -0.15) is 4.98 Å². The van der Waals surface area contributed by atoms with Crippen LogP contribution in [-0.2, 0) is 30.1 Å². The van der Waals surface area contributed by atoms with Crippen LogP contribution in [0.2, 0.25) is 0 Å². The number of nitrogens with one attached hydrogen (secondary N) is 1. The highest BCUT2D eigenvalue weighted by atomic mass is 31.2. The van der Waals surface area contributed by atoms with Crippen molar-refractivity contribution in [2.75, 3.05) is 12.1 Å². The maximum atomic E-state index is 11.8.